The van der Waals surface area contributed by atoms with Gasteiger partial charge in [0.25, 0.3) is 5.67 Å². The van der Waals surface area contributed by atoms with Crippen molar-refractivity contribution in [2.75, 3.05) is 0 Å². The second kappa shape index (κ2) is 6.91. The van der Waals surface area contributed by atoms with Crippen molar-refractivity contribution in [2.24, 2.45) is 5.73 Å². The minimum absolute atomic E-state index is 0.366. The minimum atomic E-state index is 0.366. The molecule has 0 spiro atoms. The fraction of sp³-hybridized carbons (Fsp3) is 0.200. The van der Waals surface area contributed by atoms with E-state index in [2.05, 4.69) is 15.7 Å². The molecule has 0 aliphatic rings. The molecule has 82 valence electrons. The molecule has 0 saturated carbocycles. The van der Waals surface area contributed by atoms with E-state index in [4.69, 9.17) is 22.6 Å². The summed E-state index contributed by atoms with van der Waals surface area (Å²) in [7, 11) is 0. The van der Waals surface area contributed by atoms with Gasteiger partial charge in [0.2, 0.25) is 0 Å². The molecule has 4 nitrogen and oxygen atoms in total. The van der Waals surface area contributed by atoms with E-state index in [1.165, 1.54) is 11.8 Å². The van der Waals surface area contributed by atoms with E-state index in [9.17, 15) is 0 Å². The maximum absolute atomic E-state index is 8.56. The quantitative estimate of drug-likeness (QED) is 0.496. The number of pyridine rings is 1. The normalized spacial score (nSPS) is 9.00. The molecule has 0 bridgehead atoms. The molecule has 16 heavy (non-hydrogen) atoms. The third-order valence-electron chi connectivity index (χ3n) is 1.70. The van der Waals surface area contributed by atoms with Crippen molar-refractivity contribution in [3.05, 3.63) is 29.6 Å². The number of aromatic nitrogens is 1. The monoisotopic (exact) mass is 253 g/mol. The average molecular weight is 254 g/mol. The van der Waals surface area contributed by atoms with Crippen LogP contribution in [0.5, 0.6) is 0 Å². The van der Waals surface area contributed by atoms with E-state index < -0.39 is 0 Å². The highest BCUT2D eigenvalue weighted by atomic mass is 35.5. The van der Waals surface area contributed by atoms with Crippen molar-refractivity contribution in [1.82, 2.24) is 9.65 Å². The smallest absolute Gasteiger partial charge is 0.267 e. The van der Waals surface area contributed by atoms with Crippen molar-refractivity contribution < 1.29 is 0 Å². The van der Waals surface area contributed by atoms with E-state index in [0.29, 0.717) is 17.3 Å². The molecule has 0 atom stereocenters. The number of hydrogen-bond acceptors (Lipinski definition) is 3. The molecule has 1 rings (SSSR count). The first kappa shape index (κ1) is 12.6. The summed E-state index contributed by atoms with van der Waals surface area (Å²) in [5.74, 6) is 0.659. The molecule has 0 saturated heterocycles. The van der Waals surface area contributed by atoms with E-state index >= 15 is 0 Å². The predicted octanol–water partition coefficient (Wildman–Crippen LogP) is 1.03. The van der Waals surface area contributed by atoms with Crippen LogP contribution in [0.15, 0.2) is 18.5 Å². The maximum Gasteiger partial charge on any atom is 0.403 e. The van der Waals surface area contributed by atoms with Crippen molar-refractivity contribution in [2.45, 2.75) is 12.2 Å². The molecule has 1 aromatic heterocycles. The molecule has 1 aromatic rings. The van der Waals surface area contributed by atoms with Crippen LogP contribution in [0.25, 0.3) is 0 Å². The Morgan fingerprint density at radius 2 is 2.38 bits per heavy atom. The fourth-order valence-corrected chi connectivity index (χ4v) is 1.81. The summed E-state index contributed by atoms with van der Waals surface area (Å²) < 4.78 is 3.72. The number of hydrogen-bond donors (Lipinski definition) is 1. The molecule has 6 heteroatoms. The standard InChI is InChI=1S/C10H9ClN4S/c11-7-15-10(13)16-6-9-3-8(1-2-12)4-14-5-9/h3-5,7,13H,1,6H2/p+1. The highest BCUT2D eigenvalue weighted by molar-refractivity contribution is 8.13. The molecule has 0 amide bonds. The number of amidine groups is 1. The second-order valence-electron chi connectivity index (χ2n) is 2.89. The average Bonchev–Trinajstić information content (AvgIpc) is 2.28. The first-order valence-corrected chi connectivity index (χ1v) is 5.86. The van der Waals surface area contributed by atoms with Crippen LogP contribution in [-0.2, 0) is 12.2 Å². The fourth-order valence-electron chi connectivity index (χ4n) is 1.05. The van der Waals surface area contributed by atoms with Gasteiger partial charge in [0.15, 0.2) is 0 Å². The highest BCUT2D eigenvalue weighted by Gasteiger charge is 2.03. The Hall–Kier alpha value is -1.47. The molecule has 2 N–H and O–H groups in total. The number of nitrogens with two attached hydrogens (primary N) is 1. The Labute approximate surface area is 103 Å². The summed E-state index contributed by atoms with van der Waals surface area (Å²) in [6.45, 7) is 0. The van der Waals surface area contributed by atoms with Gasteiger partial charge in [-0.2, -0.15) is 9.93 Å². The first-order chi connectivity index (χ1) is 7.76. The lowest BCUT2D eigenvalue weighted by Gasteiger charge is -1.98. The zero-order chi connectivity index (χ0) is 11.8. The molecule has 0 unspecified atom stereocenters. The number of nitrogens with zero attached hydrogens (tertiary/aromatic N) is 3. The zero-order valence-electron chi connectivity index (χ0n) is 8.43. The Morgan fingerprint density at radius 3 is 3.06 bits per heavy atom. The molecular weight excluding hydrogens is 244 g/mol. The summed E-state index contributed by atoms with van der Waals surface area (Å²) in [5.41, 5.74) is 8.59. The lowest BCUT2D eigenvalue weighted by atomic mass is 10.2. The third kappa shape index (κ3) is 4.37. The van der Waals surface area contributed by atoms with Crippen molar-refractivity contribution >= 4 is 34.2 Å². The predicted molar refractivity (Wildman–Crippen MR) is 68.1 cm³/mol. The minimum Gasteiger partial charge on any atom is -0.267 e. The van der Waals surface area contributed by atoms with Crippen LogP contribution in [0, 0.1) is 11.3 Å². The van der Waals surface area contributed by atoms with Gasteiger partial charge in [-0.05, 0) is 34.5 Å². The SMILES string of the molecule is N#CCc1cncc(CSC(N)=[N+]=CCl)c1. The topological polar surface area (TPSA) is 76.8 Å². The Bertz CT molecular complexity index is 460. The van der Waals surface area contributed by atoms with Gasteiger partial charge < -0.3 is 0 Å². The van der Waals surface area contributed by atoms with E-state index in [0.717, 1.165) is 16.8 Å². The Morgan fingerprint density at radius 1 is 1.62 bits per heavy atom. The van der Waals surface area contributed by atoms with Crippen LogP contribution in [-0.4, -0.2) is 15.8 Å². The number of halogens is 1. The Kier molecular flexibility index (Phi) is 5.44. The zero-order valence-corrected chi connectivity index (χ0v) is 10.0. The molecule has 0 radical (unpaired) electrons. The van der Waals surface area contributed by atoms with Crippen LogP contribution in [0.3, 0.4) is 0 Å². The Balaban J connectivity index is 2.64. The second-order valence-corrected chi connectivity index (χ2v) is 4.08. The third-order valence-corrected chi connectivity index (χ3v) is 2.67. The maximum atomic E-state index is 8.56. The van der Waals surface area contributed by atoms with Gasteiger partial charge in [0.05, 0.1) is 12.5 Å². The molecule has 1 heterocycles. The summed E-state index contributed by atoms with van der Waals surface area (Å²) in [5, 5.41) is 8.96. The van der Waals surface area contributed by atoms with Gasteiger partial charge in [-0.1, -0.05) is 6.07 Å². The van der Waals surface area contributed by atoms with Crippen LogP contribution in [0.2, 0.25) is 0 Å². The molecule has 0 aliphatic heterocycles. The van der Waals surface area contributed by atoms with Gasteiger partial charge in [-0.25, -0.2) is 0 Å². The number of thioether (sulfide) groups is 1. The van der Waals surface area contributed by atoms with E-state index in [1.807, 2.05) is 6.07 Å². The van der Waals surface area contributed by atoms with E-state index in [1.54, 1.807) is 12.4 Å². The number of rotatable bonds is 3. The summed E-state index contributed by atoms with van der Waals surface area (Å²) in [4.78, 5) is 4.05. The summed E-state index contributed by atoms with van der Waals surface area (Å²) in [6, 6.07) is 4.01. The summed E-state index contributed by atoms with van der Waals surface area (Å²) in [6.07, 6.45) is 3.79. The van der Waals surface area contributed by atoms with Gasteiger partial charge in [0.1, 0.15) is 0 Å². The lowest BCUT2D eigenvalue weighted by molar-refractivity contribution is 1.16. The first-order valence-electron chi connectivity index (χ1n) is 4.44. The number of nitriles is 1. The van der Waals surface area contributed by atoms with Gasteiger partial charge in [-0.15, -0.1) is 0 Å². The van der Waals surface area contributed by atoms with Crippen LogP contribution < -0.4 is 10.4 Å². The molecular formula is C10H10ClN4S+. The molecule has 0 aliphatic carbocycles. The van der Waals surface area contributed by atoms with Crippen LogP contribution in [0.1, 0.15) is 11.1 Å². The molecule has 0 fully saturated rings. The van der Waals surface area contributed by atoms with Crippen LogP contribution >= 0.6 is 23.4 Å². The van der Waals surface area contributed by atoms with Crippen molar-refractivity contribution in [3.8, 4) is 6.07 Å². The van der Waals surface area contributed by atoms with Crippen molar-refractivity contribution in [1.29, 1.82) is 5.26 Å². The van der Waals surface area contributed by atoms with Gasteiger partial charge >= 0.3 is 5.17 Å². The molecule has 0 aromatic carbocycles. The van der Waals surface area contributed by atoms with Gasteiger partial charge in [-0.3, -0.25) is 10.7 Å². The van der Waals surface area contributed by atoms with E-state index in [-0.39, 0.29) is 0 Å². The lowest BCUT2D eigenvalue weighted by Crippen LogP contribution is -2.10. The highest BCUT2D eigenvalue weighted by Crippen LogP contribution is 2.11. The largest absolute Gasteiger partial charge is 0.403 e. The van der Waals surface area contributed by atoms with Crippen molar-refractivity contribution in [3.63, 3.8) is 0 Å². The van der Waals surface area contributed by atoms with Crippen LogP contribution in [0.4, 0.5) is 0 Å². The summed E-state index contributed by atoms with van der Waals surface area (Å²) >= 11 is 6.66. The van der Waals surface area contributed by atoms with Gasteiger partial charge in [0, 0.05) is 18.1 Å².